The predicted molar refractivity (Wildman–Crippen MR) is 69.3 cm³/mol. The molecular weight excluding hydrogens is 214 g/mol. The van der Waals surface area contributed by atoms with E-state index in [4.69, 9.17) is 15.2 Å². The van der Waals surface area contributed by atoms with Crippen molar-refractivity contribution < 1.29 is 9.47 Å². The van der Waals surface area contributed by atoms with E-state index >= 15 is 0 Å². The standard InChI is InChI=1S/C14H21NO2/c1-10-8-11(15)4-5-13(10)16-9-12-6-7-14(2,3)17-12/h4-5,8,12H,6-7,9,15H2,1-3H3. The highest BCUT2D eigenvalue weighted by Crippen LogP contribution is 2.30. The van der Waals surface area contributed by atoms with Crippen molar-refractivity contribution in [2.45, 2.75) is 45.3 Å². The zero-order valence-corrected chi connectivity index (χ0v) is 10.8. The molecule has 2 N–H and O–H groups in total. The maximum atomic E-state index is 5.88. The van der Waals surface area contributed by atoms with Crippen LogP contribution in [0.1, 0.15) is 32.3 Å². The Hall–Kier alpha value is -1.22. The molecule has 2 rings (SSSR count). The normalized spacial score (nSPS) is 22.6. The fourth-order valence-electron chi connectivity index (χ4n) is 2.21. The van der Waals surface area contributed by atoms with Gasteiger partial charge in [0.15, 0.2) is 0 Å². The molecule has 0 aromatic heterocycles. The molecule has 3 heteroatoms. The Morgan fingerprint density at radius 1 is 1.47 bits per heavy atom. The van der Waals surface area contributed by atoms with Gasteiger partial charge in [0.05, 0.1) is 11.7 Å². The molecule has 1 aliphatic rings. The highest BCUT2D eigenvalue weighted by atomic mass is 16.6. The average Bonchev–Trinajstić information content (AvgIpc) is 2.57. The monoisotopic (exact) mass is 235 g/mol. The van der Waals surface area contributed by atoms with Gasteiger partial charge in [-0.3, -0.25) is 0 Å². The van der Waals surface area contributed by atoms with Gasteiger partial charge in [-0.15, -0.1) is 0 Å². The molecule has 0 amide bonds. The highest BCUT2D eigenvalue weighted by molar-refractivity contribution is 5.47. The minimum absolute atomic E-state index is 0.00415. The molecule has 1 unspecified atom stereocenters. The summed E-state index contributed by atoms with van der Waals surface area (Å²) in [6.07, 6.45) is 2.38. The van der Waals surface area contributed by atoms with Crippen LogP contribution in [0.25, 0.3) is 0 Å². The number of nitrogen functional groups attached to an aromatic ring is 1. The lowest BCUT2D eigenvalue weighted by atomic mass is 10.1. The Kier molecular flexibility index (Phi) is 3.29. The van der Waals surface area contributed by atoms with Crippen molar-refractivity contribution in [2.75, 3.05) is 12.3 Å². The number of aryl methyl sites for hydroxylation is 1. The summed E-state index contributed by atoms with van der Waals surface area (Å²) in [5.74, 6) is 0.896. The number of hydrogen-bond donors (Lipinski definition) is 1. The number of rotatable bonds is 3. The Morgan fingerprint density at radius 3 is 2.82 bits per heavy atom. The number of ether oxygens (including phenoxy) is 2. The third-order valence-electron chi connectivity index (χ3n) is 3.18. The van der Waals surface area contributed by atoms with Gasteiger partial charge in [0.2, 0.25) is 0 Å². The summed E-state index contributed by atoms with van der Waals surface area (Å²) < 4.78 is 11.7. The minimum atomic E-state index is 0.00415. The second kappa shape index (κ2) is 4.57. The van der Waals surface area contributed by atoms with Crippen molar-refractivity contribution in [3.63, 3.8) is 0 Å². The zero-order chi connectivity index (χ0) is 12.5. The topological polar surface area (TPSA) is 44.5 Å². The molecule has 0 radical (unpaired) electrons. The number of anilines is 1. The predicted octanol–water partition coefficient (Wildman–Crippen LogP) is 2.91. The molecule has 1 atom stereocenters. The van der Waals surface area contributed by atoms with Crippen molar-refractivity contribution in [3.05, 3.63) is 23.8 Å². The first-order valence-corrected chi connectivity index (χ1v) is 6.13. The first kappa shape index (κ1) is 12.2. The zero-order valence-electron chi connectivity index (χ0n) is 10.8. The highest BCUT2D eigenvalue weighted by Gasteiger charge is 2.31. The van der Waals surface area contributed by atoms with Crippen LogP contribution in [0.2, 0.25) is 0 Å². The first-order chi connectivity index (χ1) is 7.96. The van der Waals surface area contributed by atoms with Gasteiger partial charge in [-0.2, -0.15) is 0 Å². The Balaban J connectivity index is 1.90. The van der Waals surface area contributed by atoms with E-state index < -0.39 is 0 Å². The Bertz CT molecular complexity index is 401. The molecule has 0 bridgehead atoms. The van der Waals surface area contributed by atoms with Gasteiger partial charge < -0.3 is 15.2 Å². The van der Waals surface area contributed by atoms with Crippen LogP contribution in [0.5, 0.6) is 5.75 Å². The third kappa shape index (κ3) is 3.13. The van der Waals surface area contributed by atoms with Gasteiger partial charge in [-0.1, -0.05) is 0 Å². The largest absolute Gasteiger partial charge is 0.491 e. The van der Waals surface area contributed by atoms with Crippen molar-refractivity contribution >= 4 is 5.69 Å². The van der Waals surface area contributed by atoms with Crippen LogP contribution in [0.4, 0.5) is 5.69 Å². The molecule has 1 fully saturated rings. The molecule has 3 nitrogen and oxygen atoms in total. The molecule has 0 aliphatic carbocycles. The van der Waals surface area contributed by atoms with Crippen LogP contribution >= 0.6 is 0 Å². The third-order valence-corrected chi connectivity index (χ3v) is 3.18. The Labute approximate surface area is 103 Å². The number of benzene rings is 1. The summed E-state index contributed by atoms with van der Waals surface area (Å²) in [4.78, 5) is 0. The molecular formula is C14H21NO2. The molecule has 1 aromatic rings. The quantitative estimate of drug-likeness (QED) is 0.819. The maximum absolute atomic E-state index is 5.88. The minimum Gasteiger partial charge on any atom is -0.491 e. The van der Waals surface area contributed by atoms with Crippen LogP contribution in [0.3, 0.4) is 0 Å². The van der Waals surface area contributed by atoms with Crippen LogP contribution in [-0.4, -0.2) is 18.3 Å². The molecule has 0 spiro atoms. The molecule has 17 heavy (non-hydrogen) atoms. The van der Waals surface area contributed by atoms with Crippen molar-refractivity contribution in [1.29, 1.82) is 0 Å². The van der Waals surface area contributed by atoms with E-state index in [1.165, 1.54) is 0 Å². The van der Waals surface area contributed by atoms with Crippen molar-refractivity contribution in [2.24, 2.45) is 0 Å². The lowest BCUT2D eigenvalue weighted by molar-refractivity contribution is -0.0327. The molecule has 1 heterocycles. The van der Waals surface area contributed by atoms with Gasteiger partial charge in [0.1, 0.15) is 12.4 Å². The summed E-state index contributed by atoms with van der Waals surface area (Å²) in [6.45, 7) is 6.88. The molecule has 0 saturated carbocycles. The summed E-state index contributed by atoms with van der Waals surface area (Å²) in [5, 5.41) is 0. The van der Waals surface area contributed by atoms with E-state index in [2.05, 4.69) is 13.8 Å². The van der Waals surface area contributed by atoms with Gasteiger partial charge in [-0.05, 0) is 57.4 Å². The van der Waals surface area contributed by atoms with E-state index in [9.17, 15) is 0 Å². The van der Waals surface area contributed by atoms with Gasteiger partial charge in [0.25, 0.3) is 0 Å². The Morgan fingerprint density at radius 2 is 2.24 bits per heavy atom. The second-order valence-corrected chi connectivity index (χ2v) is 5.37. The van der Waals surface area contributed by atoms with Crippen LogP contribution < -0.4 is 10.5 Å². The van der Waals surface area contributed by atoms with E-state index in [0.29, 0.717) is 6.61 Å². The molecule has 94 valence electrons. The van der Waals surface area contributed by atoms with Crippen LogP contribution in [0, 0.1) is 6.92 Å². The number of hydrogen-bond acceptors (Lipinski definition) is 3. The van der Waals surface area contributed by atoms with E-state index in [0.717, 1.165) is 29.8 Å². The van der Waals surface area contributed by atoms with Crippen LogP contribution in [-0.2, 0) is 4.74 Å². The van der Waals surface area contributed by atoms with Crippen molar-refractivity contribution in [1.82, 2.24) is 0 Å². The van der Waals surface area contributed by atoms with Gasteiger partial charge in [-0.25, -0.2) is 0 Å². The van der Waals surface area contributed by atoms with E-state index in [1.807, 2.05) is 25.1 Å². The maximum Gasteiger partial charge on any atom is 0.122 e. The molecule has 1 aliphatic heterocycles. The fourth-order valence-corrected chi connectivity index (χ4v) is 2.21. The summed E-state index contributed by atoms with van der Waals surface area (Å²) in [7, 11) is 0. The lowest BCUT2D eigenvalue weighted by Crippen LogP contribution is -2.24. The average molecular weight is 235 g/mol. The summed E-state index contributed by atoms with van der Waals surface area (Å²) in [6, 6.07) is 5.71. The first-order valence-electron chi connectivity index (χ1n) is 6.13. The van der Waals surface area contributed by atoms with Gasteiger partial charge in [0, 0.05) is 5.69 Å². The van der Waals surface area contributed by atoms with Gasteiger partial charge >= 0.3 is 0 Å². The van der Waals surface area contributed by atoms with Crippen LogP contribution in [0.15, 0.2) is 18.2 Å². The summed E-state index contributed by atoms with van der Waals surface area (Å²) in [5.41, 5.74) is 7.55. The second-order valence-electron chi connectivity index (χ2n) is 5.37. The fraction of sp³-hybridized carbons (Fsp3) is 0.571. The van der Waals surface area contributed by atoms with E-state index in [1.54, 1.807) is 0 Å². The summed E-state index contributed by atoms with van der Waals surface area (Å²) >= 11 is 0. The smallest absolute Gasteiger partial charge is 0.122 e. The molecule has 1 saturated heterocycles. The van der Waals surface area contributed by atoms with E-state index in [-0.39, 0.29) is 11.7 Å². The van der Waals surface area contributed by atoms with Crippen molar-refractivity contribution in [3.8, 4) is 5.75 Å². The molecule has 1 aromatic carbocycles. The lowest BCUT2D eigenvalue weighted by Gasteiger charge is -2.19. The number of nitrogens with two attached hydrogens (primary N) is 1. The SMILES string of the molecule is Cc1cc(N)ccc1OCC1CCC(C)(C)O1.